The second-order valence-electron chi connectivity index (χ2n) is 6.11. The molecular formula is C20H18N4OS. The predicted molar refractivity (Wildman–Crippen MR) is 106 cm³/mol. The molecule has 0 fully saturated rings. The molecule has 0 aliphatic rings. The molecule has 0 aliphatic heterocycles. The first kappa shape index (κ1) is 16.5. The Labute approximate surface area is 155 Å². The molecule has 0 atom stereocenters. The fourth-order valence-electron chi connectivity index (χ4n) is 2.85. The predicted octanol–water partition coefficient (Wildman–Crippen LogP) is 4.89. The molecule has 6 heteroatoms. The van der Waals surface area contributed by atoms with Crippen molar-refractivity contribution in [3.63, 3.8) is 0 Å². The van der Waals surface area contributed by atoms with Crippen molar-refractivity contribution in [1.29, 1.82) is 0 Å². The molecule has 0 spiro atoms. The maximum atomic E-state index is 5.26. The summed E-state index contributed by atoms with van der Waals surface area (Å²) in [6.07, 6.45) is 3.64. The normalized spacial score (nSPS) is 11.0. The monoisotopic (exact) mass is 362 g/mol. The molecule has 4 rings (SSSR count). The minimum Gasteiger partial charge on any atom is -0.473 e. The van der Waals surface area contributed by atoms with Crippen molar-refractivity contribution in [2.24, 2.45) is 0 Å². The molecule has 0 saturated carbocycles. The van der Waals surface area contributed by atoms with Gasteiger partial charge in [-0.2, -0.15) is 0 Å². The number of rotatable bonds is 4. The molecule has 0 unspecified atom stereocenters. The lowest BCUT2D eigenvalue weighted by atomic mass is 10.1. The Kier molecular flexibility index (Phi) is 4.05. The summed E-state index contributed by atoms with van der Waals surface area (Å²) >= 11 is 1.54. The van der Waals surface area contributed by atoms with E-state index in [0.29, 0.717) is 5.19 Å². The van der Waals surface area contributed by atoms with Crippen LogP contribution in [-0.2, 0) is 0 Å². The number of thiazole rings is 1. The highest BCUT2D eigenvalue weighted by atomic mass is 32.1. The van der Waals surface area contributed by atoms with Gasteiger partial charge in [-0.1, -0.05) is 30.0 Å². The summed E-state index contributed by atoms with van der Waals surface area (Å²) in [5.74, 6) is 0. The van der Waals surface area contributed by atoms with Crippen LogP contribution in [0.3, 0.4) is 0 Å². The van der Waals surface area contributed by atoms with E-state index in [1.54, 1.807) is 24.8 Å². The van der Waals surface area contributed by atoms with Crippen LogP contribution in [-0.4, -0.2) is 26.6 Å². The van der Waals surface area contributed by atoms with Crippen LogP contribution in [0.15, 0.2) is 49.4 Å². The van der Waals surface area contributed by atoms with Crippen molar-refractivity contribution in [2.75, 3.05) is 7.11 Å². The number of imidazole rings is 1. The Hall–Kier alpha value is -2.99. The molecule has 0 bridgehead atoms. The minimum atomic E-state index is 0.671. The van der Waals surface area contributed by atoms with Gasteiger partial charge in [0.2, 0.25) is 0 Å². The number of pyridine rings is 1. The van der Waals surface area contributed by atoms with Gasteiger partial charge in [0, 0.05) is 11.9 Å². The van der Waals surface area contributed by atoms with E-state index in [0.717, 1.165) is 44.1 Å². The van der Waals surface area contributed by atoms with Gasteiger partial charge in [-0.25, -0.2) is 15.0 Å². The Balaban J connectivity index is 1.80. The topological polar surface area (TPSA) is 52.8 Å². The third-order valence-electron chi connectivity index (χ3n) is 4.22. The third-order valence-corrected chi connectivity index (χ3v) is 5.39. The van der Waals surface area contributed by atoms with Crippen LogP contribution in [0, 0.1) is 6.92 Å². The van der Waals surface area contributed by atoms with E-state index < -0.39 is 0 Å². The summed E-state index contributed by atoms with van der Waals surface area (Å²) in [5.41, 5.74) is 6.73. The largest absolute Gasteiger partial charge is 0.473 e. The average Bonchev–Trinajstić information content (AvgIpc) is 3.24. The number of fused-ring (bicyclic) bond motifs is 1. The number of nitrogens with zero attached hydrogens (tertiary/aromatic N) is 4. The van der Waals surface area contributed by atoms with E-state index in [1.165, 1.54) is 0 Å². The van der Waals surface area contributed by atoms with Crippen LogP contribution in [0.5, 0.6) is 5.19 Å². The van der Waals surface area contributed by atoms with Gasteiger partial charge in [0.05, 0.1) is 17.7 Å². The number of allylic oxidation sites excluding steroid dienone is 1. The van der Waals surface area contributed by atoms with Crippen molar-refractivity contribution in [2.45, 2.75) is 13.8 Å². The van der Waals surface area contributed by atoms with Crippen LogP contribution < -0.4 is 4.74 Å². The van der Waals surface area contributed by atoms with Crippen LogP contribution in [0.25, 0.3) is 32.9 Å². The number of aromatic nitrogens is 4. The molecule has 0 aliphatic carbocycles. The molecule has 1 aromatic carbocycles. The summed E-state index contributed by atoms with van der Waals surface area (Å²) in [4.78, 5) is 14.6. The van der Waals surface area contributed by atoms with E-state index in [-0.39, 0.29) is 0 Å². The van der Waals surface area contributed by atoms with Gasteiger partial charge in [-0.15, -0.1) is 0 Å². The van der Waals surface area contributed by atoms with E-state index >= 15 is 0 Å². The zero-order chi connectivity index (χ0) is 18.3. The molecule has 4 aromatic rings. The summed E-state index contributed by atoms with van der Waals surface area (Å²) in [5, 5.41) is 0.671. The number of benzene rings is 1. The van der Waals surface area contributed by atoms with E-state index in [9.17, 15) is 0 Å². The smallest absolute Gasteiger partial charge is 0.273 e. The Morgan fingerprint density at radius 1 is 1.23 bits per heavy atom. The maximum Gasteiger partial charge on any atom is 0.273 e. The van der Waals surface area contributed by atoms with E-state index in [1.807, 2.05) is 42.8 Å². The summed E-state index contributed by atoms with van der Waals surface area (Å²) in [6, 6.07) is 10.3. The zero-order valence-electron chi connectivity index (χ0n) is 14.9. The fourth-order valence-corrected chi connectivity index (χ4v) is 3.73. The van der Waals surface area contributed by atoms with Gasteiger partial charge >= 0.3 is 0 Å². The number of hydrogen-bond donors (Lipinski definition) is 0. The number of aryl methyl sites for hydroxylation is 1. The standard InChI is InChI=1S/C20H18N4OS/c1-12(2)15-9-17-19(21-10-15)24(11-22-17)16-7-5-6-14(8-16)18-13(3)23-20(25-4)26-18/h5-11H,1H2,2-4H3. The molecule has 130 valence electrons. The van der Waals surface area contributed by atoms with E-state index in [2.05, 4.69) is 33.7 Å². The number of methoxy groups -OCH3 is 1. The van der Waals surface area contributed by atoms with Gasteiger partial charge < -0.3 is 4.74 Å². The van der Waals surface area contributed by atoms with Crippen LogP contribution in [0.4, 0.5) is 0 Å². The van der Waals surface area contributed by atoms with Gasteiger partial charge in [-0.05, 0) is 48.7 Å². The van der Waals surface area contributed by atoms with Crippen molar-refractivity contribution < 1.29 is 4.74 Å². The number of ether oxygens (including phenoxy) is 1. The number of hydrogen-bond acceptors (Lipinski definition) is 5. The van der Waals surface area contributed by atoms with Crippen molar-refractivity contribution in [3.8, 4) is 21.3 Å². The SMILES string of the molecule is C=C(C)c1cnc2c(c1)ncn2-c1cccc(-c2sc(OC)nc2C)c1. The maximum absolute atomic E-state index is 5.26. The van der Waals surface area contributed by atoms with Crippen molar-refractivity contribution in [1.82, 2.24) is 19.5 Å². The Morgan fingerprint density at radius 3 is 2.81 bits per heavy atom. The molecule has 5 nitrogen and oxygen atoms in total. The van der Waals surface area contributed by atoms with Crippen molar-refractivity contribution >= 4 is 28.1 Å². The molecule has 3 heterocycles. The van der Waals surface area contributed by atoms with Gasteiger partial charge in [0.25, 0.3) is 5.19 Å². The zero-order valence-corrected chi connectivity index (χ0v) is 15.7. The van der Waals surface area contributed by atoms with E-state index in [4.69, 9.17) is 4.74 Å². The molecule has 26 heavy (non-hydrogen) atoms. The van der Waals surface area contributed by atoms with Crippen LogP contribution in [0.1, 0.15) is 18.2 Å². The lowest BCUT2D eigenvalue weighted by Crippen LogP contribution is -1.94. The molecule has 0 N–H and O–H groups in total. The third kappa shape index (κ3) is 2.78. The fraction of sp³-hybridized carbons (Fsp3) is 0.150. The highest BCUT2D eigenvalue weighted by Gasteiger charge is 2.12. The second-order valence-corrected chi connectivity index (χ2v) is 7.07. The first-order valence-electron chi connectivity index (χ1n) is 8.18. The first-order chi connectivity index (χ1) is 12.6. The second kappa shape index (κ2) is 6.38. The van der Waals surface area contributed by atoms with Crippen LogP contribution in [0.2, 0.25) is 0 Å². The van der Waals surface area contributed by atoms with Crippen molar-refractivity contribution in [3.05, 3.63) is 60.7 Å². The van der Waals surface area contributed by atoms with Crippen LogP contribution >= 0.6 is 11.3 Å². The lowest BCUT2D eigenvalue weighted by molar-refractivity contribution is 0.411. The van der Waals surface area contributed by atoms with Gasteiger partial charge in [0.1, 0.15) is 11.8 Å². The lowest BCUT2D eigenvalue weighted by Gasteiger charge is -2.07. The first-order valence-corrected chi connectivity index (χ1v) is 8.99. The molecular weight excluding hydrogens is 344 g/mol. The minimum absolute atomic E-state index is 0.671. The highest BCUT2D eigenvalue weighted by molar-refractivity contribution is 7.17. The average molecular weight is 362 g/mol. The Morgan fingerprint density at radius 2 is 2.08 bits per heavy atom. The van der Waals surface area contributed by atoms with Gasteiger partial charge in [-0.3, -0.25) is 4.57 Å². The molecule has 0 saturated heterocycles. The molecule has 0 radical (unpaired) electrons. The molecule has 3 aromatic heterocycles. The quantitative estimate of drug-likeness (QED) is 0.518. The molecule has 0 amide bonds. The highest BCUT2D eigenvalue weighted by Crippen LogP contribution is 2.34. The Bertz CT molecular complexity index is 1130. The summed E-state index contributed by atoms with van der Waals surface area (Å²) in [7, 11) is 1.64. The summed E-state index contributed by atoms with van der Waals surface area (Å²) in [6.45, 7) is 7.93. The van der Waals surface area contributed by atoms with Gasteiger partial charge in [0.15, 0.2) is 5.65 Å². The summed E-state index contributed by atoms with van der Waals surface area (Å²) < 4.78 is 7.26.